The molecular weight excluding hydrogens is 300 g/mol. The van der Waals surface area contributed by atoms with Gasteiger partial charge < -0.3 is 4.74 Å². The number of rotatable bonds is 3. The van der Waals surface area contributed by atoms with Crippen LogP contribution in [0.1, 0.15) is 29.2 Å². The molecule has 0 saturated carbocycles. The minimum atomic E-state index is -0.477. The number of benzene rings is 1. The Balaban J connectivity index is 1.69. The Morgan fingerprint density at radius 2 is 2.05 bits per heavy atom. The van der Waals surface area contributed by atoms with Crippen LogP contribution in [0.3, 0.4) is 0 Å². The van der Waals surface area contributed by atoms with Crippen LogP contribution < -0.4 is 5.32 Å². The first-order chi connectivity index (χ1) is 10.5. The quantitative estimate of drug-likeness (QED) is 0.799. The van der Waals surface area contributed by atoms with Crippen molar-refractivity contribution in [3.63, 3.8) is 0 Å². The molecular formula is C15H16N4O2S. The zero-order chi connectivity index (χ0) is 15.7. The summed E-state index contributed by atoms with van der Waals surface area (Å²) in [7, 11) is 0. The van der Waals surface area contributed by atoms with Crippen LogP contribution in [-0.2, 0) is 4.74 Å². The molecule has 0 aliphatic rings. The van der Waals surface area contributed by atoms with E-state index in [1.807, 2.05) is 45.0 Å². The average Bonchev–Trinajstić information content (AvgIpc) is 3.05. The summed E-state index contributed by atoms with van der Waals surface area (Å²) in [5, 5.41) is 6.86. The topological polar surface area (TPSA) is 68.5 Å². The van der Waals surface area contributed by atoms with Crippen molar-refractivity contribution in [3.05, 3.63) is 46.7 Å². The van der Waals surface area contributed by atoms with Gasteiger partial charge in [-0.3, -0.25) is 5.32 Å². The molecule has 0 radical (unpaired) electrons. The highest BCUT2D eigenvalue weighted by Gasteiger charge is 2.19. The van der Waals surface area contributed by atoms with E-state index in [2.05, 4.69) is 15.4 Å². The van der Waals surface area contributed by atoms with Gasteiger partial charge in [0.1, 0.15) is 12.4 Å². The molecule has 0 aliphatic carbocycles. The third-order valence-corrected chi connectivity index (χ3v) is 4.65. The number of carbonyl (C=O) groups excluding carboxylic acids is 1. The van der Waals surface area contributed by atoms with Crippen molar-refractivity contribution in [3.8, 4) is 0 Å². The van der Waals surface area contributed by atoms with Crippen LogP contribution in [0, 0.1) is 13.8 Å². The first-order valence-corrected chi connectivity index (χ1v) is 7.69. The predicted octanol–water partition coefficient (Wildman–Crippen LogP) is 3.72. The highest BCUT2D eigenvalue weighted by Crippen LogP contribution is 2.29. The lowest BCUT2D eigenvalue weighted by molar-refractivity contribution is 0.122. The van der Waals surface area contributed by atoms with Gasteiger partial charge >= 0.3 is 6.09 Å². The molecule has 0 spiro atoms. The lowest BCUT2D eigenvalue weighted by atomic mass is 10.2. The van der Waals surface area contributed by atoms with Crippen molar-refractivity contribution in [1.29, 1.82) is 0 Å². The van der Waals surface area contributed by atoms with Crippen LogP contribution in [0.4, 0.5) is 10.5 Å². The Hall–Kier alpha value is -2.41. The normalized spacial score (nSPS) is 12.3. The van der Waals surface area contributed by atoms with E-state index in [9.17, 15) is 4.79 Å². The molecule has 1 aromatic carbocycles. The molecule has 2 heterocycles. The summed E-state index contributed by atoms with van der Waals surface area (Å²) in [6.45, 7) is 5.77. The van der Waals surface area contributed by atoms with E-state index in [1.165, 1.54) is 17.7 Å². The molecule has 0 saturated heterocycles. The number of anilines is 1. The van der Waals surface area contributed by atoms with Gasteiger partial charge in [-0.25, -0.2) is 14.3 Å². The predicted molar refractivity (Wildman–Crippen MR) is 85.3 cm³/mol. The fourth-order valence-corrected chi connectivity index (χ4v) is 3.20. The Morgan fingerprint density at radius 3 is 2.73 bits per heavy atom. The zero-order valence-corrected chi connectivity index (χ0v) is 13.3. The maximum atomic E-state index is 12.0. The summed E-state index contributed by atoms with van der Waals surface area (Å²) in [6.07, 6.45) is 0.673. The van der Waals surface area contributed by atoms with Gasteiger partial charge in [-0.1, -0.05) is 29.0 Å². The summed E-state index contributed by atoms with van der Waals surface area (Å²) in [5.41, 5.74) is 2.78. The minimum absolute atomic E-state index is 0.362. The van der Waals surface area contributed by atoms with Crippen molar-refractivity contribution in [2.75, 3.05) is 5.32 Å². The van der Waals surface area contributed by atoms with Gasteiger partial charge in [0.15, 0.2) is 0 Å². The number of nitrogens with zero attached hydrogens (tertiary/aromatic N) is 3. The molecule has 1 atom stereocenters. The van der Waals surface area contributed by atoms with Crippen LogP contribution in [-0.4, -0.2) is 20.7 Å². The molecule has 0 fully saturated rings. The van der Waals surface area contributed by atoms with E-state index in [-0.39, 0.29) is 6.10 Å². The van der Waals surface area contributed by atoms with Crippen molar-refractivity contribution >= 4 is 28.1 Å². The first-order valence-electron chi connectivity index (χ1n) is 6.88. The number of hydrogen-bond acceptors (Lipinski definition) is 5. The molecule has 3 rings (SSSR count). The van der Waals surface area contributed by atoms with Gasteiger partial charge in [0.2, 0.25) is 4.96 Å². The molecule has 22 heavy (non-hydrogen) atoms. The lowest BCUT2D eigenvalue weighted by Gasteiger charge is -2.13. The van der Waals surface area contributed by atoms with E-state index in [0.29, 0.717) is 5.69 Å². The number of thiazole rings is 1. The second-order valence-electron chi connectivity index (χ2n) is 5.04. The average molecular weight is 316 g/mol. The van der Waals surface area contributed by atoms with E-state index < -0.39 is 6.09 Å². The number of carbonyl (C=O) groups is 1. The fourth-order valence-electron chi connectivity index (χ4n) is 2.18. The van der Waals surface area contributed by atoms with Gasteiger partial charge in [-0.2, -0.15) is 5.10 Å². The number of ether oxygens (including phenoxy) is 1. The zero-order valence-electron chi connectivity index (χ0n) is 12.5. The van der Waals surface area contributed by atoms with Crippen molar-refractivity contribution < 1.29 is 9.53 Å². The number of fused-ring (bicyclic) bond motifs is 1. The molecule has 114 valence electrons. The van der Waals surface area contributed by atoms with E-state index in [0.717, 1.165) is 21.1 Å². The Kier molecular flexibility index (Phi) is 3.81. The number of nitrogens with one attached hydrogen (secondary N) is 1. The van der Waals surface area contributed by atoms with Gasteiger partial charge in [0.05, 0.1) is 10.6 Å². The van der Waals surface area contributed by atoms with Gasteiger partial charge in [-0.15, -0.1) is 0 Å². The maximum absolute atomic E-state index is 12.0. The second kappa shape index (κ2) is 5.76. The summed E-state index contributed by atoms with van der Waals surface area (Å²) < 4.78 is 7.19. The number of amides is 1. The molecule has 3 aromatic rings. The van der Waals surface area contributed by atoms with Crippen molar-refractivity contribution in [2.45, 2.75) is 26.9 Å². The van der Waals surface area contributed by atoms with E-state index >= 15 is 0 Å². The van der Waals surface area contributed by atoms with Gasteiger partial charge in [-0.05, 0) is 32.9 Å². The third-order valence-electron chi connectivity index (χ3n) is 3.34. The molecule has 7 heteroatoms. The SMILES string of the molecule is Cc1ccc(NC(=O)OC(C)c2sc3ncnn3c2C)cc1. The highest BCUT2D eigenvalue weighted by atomic mass is 32.1. The standard InChI is InChI=1S/C15H16N4O2S/c1-9-4-6-12(7-5-9)18-15(20)21-11(3)13-10(2)19-14(22-13)16-8-17-19/h4-8,11H,1-3H3,(H,18,20). The molecule has 1 N–H and O–H groups in total. The largest absolute Gasteiger partial charge is 0.440 e. The van der Waals surface area contributed by atoms with Gasteiger partial charge in [0, 0.05) is 5.69 Å². The second-order valence-corrected chi connectivity index (χ2v) is 6.05. The van der Waals surface area contributed by atoms with Crippen LogP contribution in [0.15, 0.2) is 30.6 Å². The smallest absolute Gasteiger partial charge is 0.412 e. The number of aryl methyl sites for hydroxylation is 2. The number of aromatic nitrogens is 3. The Bertz CT molecular complexity index is 807. The summed E-state index contributed by atoms with van der Waals surface area (Å²) >= 11 is 1.47. The molecule has 6 nitrogen and oxygen atoms in total. The minimum Gasteiger partial charge on any atom is -0.440 e. The van der Waals surface area contributed by atoms with Crippen LogP contribution >= 0.6 is 11.3 Å². The monoisotopic (exact) mass is 316 g/mol. The van der Waals surface area contributed by atoms with Crippen LogP contribution in [0.2, 0.25) is 0 Å². The third kappa shape index (κ3) is 2.80. The summed E-state index contributed by atoms with van der Waals surface area (Å²) in [5.74, 6) is 0. The van der Waals surface area contributed by atoms with Crippen LogP contribution in [0.25, 0.3) is 4.96 Å². The molecule has 0 bridgehead atoms. The summed E-state index contributed by atoms with van der Waals surface area (Å²) in [4.78, 5) is 17.9. The number of hydrogen-bond donors (Lipinski definition) is 1. The fraction of sp³-hybridized carbons (Fsp3) is 0.267. The first kappa shape index (κ1) is 14.5. The van der Waals surface area contributed by atoms with E-state index in [4.69, 9.17) is 4.74 Å². The van der Waals surface area contributed by atoms with Gasteiger partial charge in [0.25, 0.3) is 0 Å². The Morgan fingerprint density at radius 1 is 1.32 bits per heavy atom. The molecule has 2 aromatic heterocycles. The Labute approximate surface area is 131 Å². The van der Waals surface area contributed by atoms with Crippen LogP contribution in [0.5, 0.6) is 0 Å². The molecule has 1 unspecified atom stereocenters. The lowest BCUT2D eigenvalue weighted by Crippen LogP contribution is -2.16. The molecule has 0 aliphatic heterocycles. The van der Waals surface area contributed by atoms with E-state index in [1.54, 1.807) is 4.52 Å². The highest BCUT2D eigenvalue weighted by molar-refractivity contribution is 7.17. The van der Waals surface area contributed by atoms with Crippen molar-refractivity contribution in [1.82, 2.24) is 14.6 Å². The maximum Gasteiger partial charge on any atom is 0.412 e. The molecule has 1 amide bonds. The summed E-state index contributed by atoms with van der Waals surface area (Å²) in [6, 6.07) is 7.55. The van der Waals surface area contributed by atoms with Crippen molar-refractivity contribution in [2.24, 2.45) is 0 Å².